The van der Waals surface area contributed by atoms with Crippen molar-refractivity contribution in [2.45, 2.75) is 84.8 Å². The van der Waals surface area contributed by atoms with E-state index >= 15 is 0 Å². The Balaban J connectivity index is 1.57. The van der Waals surface area contributed by atoms with Gasteiger partial charge in [0.1, 0.15) is 11.9 Å². The fraction of sp³-hybridized carbons (Fsp3) is 0.704. The molecule has 2 unspecified atom stereocenters. The van der Waals surface area contributed by atoms with Crippen molar-refractivity contribution >= 4 is 5.91 Å². The van der Waals surface area contributed by atoms with Gasteiger partial charge in [-0.25, -0.2) is 0 Å². The number of benzene rings is 1. The van der Waals surface area contributed by atoms with E-state index in [1.165, 1.54) is 32.1 Å². The van der Waals surface area contributed by atoms with E-state index in [-0.39, 0.29) is 28.9 Å². The van der Waals surface area contributed by atoms with Gasteiger partial charge in [-0.3, -0.25) is 4.79 Å². The van der Waals surface area contributed by atoms with Gasteiger partial charge in [-0.15, -0.1) is 0 Å². The first-order valence-electron chi connectivity index (χ1n) is 12.2. The Bertz CT molecular complexity index is 916. The normalized spacial score (nSPS) is 43.1. The Hall–Kier alpha value is -2.02. The zero-order valence-electron chi connectivity index (χ0n) is 19.4. The predicted octanol–water partition coefficient (Wildman–Crippen LogP) is 5.46. The second kappa shape index (κ2) is 6.99. The number of rotatable bonds is 2. The van der Waals surface area contributed by atoms with Crippen molar-refractivity contribution in [2.75, 3.05) is 0 Å². The summed E-state index contributed by atoms with van der Waals surface area (Å²) in [5.41, 5.74) is 1.11. The van der Waals surface area contributed by atoms with Crippen LogP contribution in [0.2, 0.25) is 0 Å². The maximum absolute atomic E-state index is 12.5. The Morgan fingerprint density at radius 2 is 1.77 bits per heavy atom. The molecule has 1 aromatic carbocycles. The first kappa shape index (κ1) is 20.9. The van der Waals surface area contributed by atoms with E-state index < -0.39 is 0 Å². The van der Waals surface area contributed by atoms with E-state index in [1.807, 2.05) is 24.3 Å². The molecule has 0 spiro atoms. The minimum Gasteiger partial charge on any atom is -0.488 e. The molecule has 1 N–H and O–H groups in total. The quantitative estimate of drug-likeness (QED) is 0.691. The minimum atomic E-state index is -0.0844. The fourth-order valence-electron chi connectivity index (χ4n) is 8.29. The third-order valence-electron chi connectivity index (χ3n) is 9.96. The van der Waals surface area contributed by atoms with Gasteiger partial charge in [0.05, 0.1) is 17.7 Å². The van der Waals surface area contributed by atoms with E-state index in [1.54, 1.807) is 0 Å². The van der Waals surface area contributed by atoms with Crippen LogP contribution in [0.1, 0.15) is 78.2 Å². The predicted molar refractivity (Wildman–Crippen MR) is 120 cm³/mol. The summed E-state index contributed by atoms with van der Waals surface area (Å²) in [5.74, 6) is 2.93. The second-order valence-electron chi connectivity index (χ2n) is 11.9. The van der Waals surface area contributed by atoms with Gasteiger partial charge in [0.2, 0.25) is 5.91 Å². The van der Waals surface area contributed by atoms with Crippen LogP contribution in [0.4, 0.5) is 0 Å². The summed E-state index contributed by atoms with van der Waals surface area (Å²) < 4.78 is 6.76. The van der Waals surface area contributed by atoms with Crippen molar-refractivity contribution in [1.82, 2.24) is 5.32 Å². The van der Waals surface area contributed by atoms with Crippen LogP contribution in [0.5, 0.6) is 5.75 Å². The van der Waals surface area contributed by atoms with Crippen LogP contribution in [0.15, 0.2) is 24.3 Å². The Labute approximate surface area is 186 Å². The lowest BCUT2D eigenvalue weighted by Crippen LogP contribution is -2.72. The van der Waals surface area contributed by atoms with Gasteiger partial charge in [0.25, 0.3) is 0 Å². The van der Waals surface area contributed by atoms with Gasteiger partial charge in [0.15, 0.2) is 0 Å². The Morgan fingerprint density at radius 3 is 2.48 bits per heavy atom. The molecule has 0 aromatic heterocycles. The topological polar surface area (TPSA) is 62.1 Å². The SMILES string of the molecule is CC1(C)C(Oc2ccc(C#N)cc2)C2NC(=O)CC[C@]2(C)[C@@H]2CC[C@]3(C)CCC[C@H]3[C@@H]21. The zero-order valence-corrected chi connectivity index (χ0v) is 19.4. The maximum Gasteiger partial charge on any atom is 0.220 e. The number of nitrogens with zero attached hydrogens (tertiary/aromatic N) is 1. The van der Waals surface area contributed by atoms with Crippen molar-refractivity contribution in [3.05, 3.63) is 29.8 Å². The van der Waals surface area contributed by atoms with E-state index in [9.17, 15) is 4.79 Å². The molecule has 0 radical (unpaired) electrons. The van der Waals surface area contributed by atoms with Crippen molar-refractivity contribution in [3.63, 3.8) is 0 Å². The molecule has 4 aliphatic rings. The number of carbonyl (C=O) groups is 1. The van der Waals surface area contributed by atoms with Gasteiger partial charge in [-0.05, 0) is 85.0 Å². The molecule has 7 atom stereocenters. The summed E-state index contributed by atoms with van der Waals surface area (Å²) in [4.78, 5) is 12.5. The summed E-state index contributed by atoms with van der Waals surface area (Å²) in [6.45, 7) is 9.74. The van der Waals surface area contributed by atoms with Crippen molar-refractivity contribution in [3.8, 4) is 11.8 Å². The number of amides is 1. The van der Waals surface area contributed by atoms with Crippen LogP contribution in [-0.4, -0.2) is 18.1 Å². The number of piperidine rings is 1. The molecule has 1 aromatic rings. The molecular weight excluding hydrogens is 384 g/mol. The summed E-state index contributed by atoms with van der Waals surface area (Å²) in [7, 11) is 0. The monoisotopic (exact) mass is 420 g/mol. The molecule has 3 aliphatic carbocycles. The number of ether oxygens (including phenoxy) is 1. The first-order chi connectivity index (χ1) is 14.7. The fourth-order valence-corrected chi connectivity index (χ4v) is 8.29. The highest BCUT2D eigenvalue weighted by atomic mass is 16.5. The molecule has 5 rings (SSSR count). The van der Waals surface area contributed by atoms with Crippen molar-refractivity contribution in [1.29, 1.82) is 5.26 Å². The Kier molecular flexibility index (Phi) is 4.70. The molecule has 4 fully saturated rings. The molecule has 1 aliphatic heterocycles. The minimum absolute atomic E-state index is 0.0198. The third-order valence-corrected chi connectivity index (χ3v) is 9.96. The van der Waals surface area contributed by atoms with Gasteiger partial charge in [0, 0.05) is 11.8 Å². The first-order valence-corrected chi connectivity index (χ1v) is 12.2. The highest BCUT2D eigenvalue weighted by Gasteiger charge is 2.67. The second-order valence-corrected chi connectivity index (χ2v) is 11.9. The Morgan fingerprint density at radius 1 is 1.03 bits per heavy atom. The number of nitrogens with one attached hydrogen (secondary N) is 1. The number of hydrogen-bond donors (Lipinski definition) is 1. The number of fused-ring (bicyclic) bond motifs is 5. The van der Waals surface area contributed by atoms with Gasteiger partial charge < -0.3 is 10.1 Å². The van der Waals surface area contributed by atoms with Crippen LogP contribution in [0.3, 0.4) is 0 Å². The third kappa shape index (κ3) is 3.03. The molecule has 1 amide bonds. The van der Waals surface area contributed by atoms with Gasteiger partial charge in [-0.2, -0.15) is 5.26 Å². The maximum atomic E-state index is 12.5. The smallest absolute Gasteiger partial charge is 0.220 e. The molecule has 1 heterocycles. The lowest BCUT2D eigenvalue weighted by molar-refractivity contribution is -0.194. The molecule has 4 heteroatoms. The summed E-state index contributed by atoms with van der Waals surface area (Å²) in [6, 6.07) is 9.66. The zero-order chi connectivity index (χ0) is 22.0. The lowest BCUT2D eigenvalue weighted by atomic mass is 9.41. The van der Waals surface area contributed by atoms with Crippen LogP contribution in [0, 0.1) is 45.3 Å². The highest BCUT2D eigenvalue weighted by Crippen LogP contribution is 2.68. The van der Waals surface area contributed by atoms with Crippen molar-refractivity contribution < 1.29 is 9.53 Å². The standard InChI is InChI=1S/C27H36N2O2/c1-25(2)22-19-6-5-13-26(19,3)14-11-20(22)27(4)15-12-21(30)29-23(27)24(25)31-18-9-7-17(16-28)8-10-18/h7-10,19-20,22-24H,5-6,11-15H2,1-4H3,(H,29,30)/t19-,20+,22-,23?,24?,26-,27+/m0/s1. The number of hydrogen-bond acceptors (Lipinski definition) is 3. The summed E-state index contributed by atoms with van der Waals surface area (Å²) in [6.07, 6.45) is 8.13. The van der Waals surface area contributed by atoms with E-state index in [0.717, 1.165) is 18.1 Å². The van der Waals surface area contributed by atoms with Crippen LogP contribution in [-0.2, 0) is 4.79 Å². The van der Waals surface area contributed by atoms with Crippen molar-refractivity contribution in [2.24, 2.45) is 34.0 Å². The summed E-state index contributed by atoms with van der Waals surface area (Å²) in [5, 5.41) is 12.5. The molecular formula is C27H36N2O2. The molecule has 166 valence electrons. The lowest BCUT2D eigenvalue weighted by Gasteiger charge is -2.66. The number of carbonyl (C=O) groups excluding carboxylic acids is 1. The number of nitriles is 1. The van der Waals surface area contributed by atoms with E-state index in [2.05, 4.69) is 39.1 Å². The summed E-state index contributed by atoms with van der Waals surface area (Å²) >= 11 is 0. The van der Waals surface area contributed by atoms with Crippen LogP contribution in [0.25, 0.3) is 0 Å². The largest absolute Gasteiger partial charge is 0.488 e. The highest BCUT2D eigenvalue weighted by molar-refractivity contribution is 5.77. The average Bonchev–Trinajstić information content (AvgIpc) is 3.14. The van der Waals surface area contributed by atoms with E-state index in [4.69, 9.17) is 10.00 Å². The molecule has 31 heavy (non-hydrogen) atoms. The molecule has 0 bridgehead atoms. The molecule has 4 nitrogen and oxygen atoms in total. The van der Waals surface area contributed by atoms with Gasteiger partial charge >= 0.3 is 0 Å². The average molecular weight is 421 g/mol. The van der Waals surface area contributed by atoms with E-state index in [0.29, 0.717) is 29.2 Å². The molecule has 1 saturated heterocycles. The van der Waals surface area contributed by atoms with Crippen LogP contribution >= 0.6 is 0 Å². The molecule has 3 saturated carbocycles. The van der Waals surface area contributed by atoms with Gasteiger partial charge in [-0.1, -0.05) is 34.1 Å². The van der Waals surface area contributed by atoms with Crippen LogP contribution < -0.4 is 10.1 Å².